The molecule has 0 aromatic heterocycles. The average Bonchev–Trinajstić information content (AvgIpc) is 3.05. The summed E-state index contributed by atoms with van der Waals surface area (Å²) in [6.45, 7) is 6.03. The van der Waals surface area contributed by atoms with Crippen molar-refractivity contribution in [2.75, 3.05) is 7.11 Å². The molecular formula is C20H24O5. The third-order valence-electron chi connectivity index (χ3n) is 8.06. The second-order valence-corrected chi connectivity index (χ2v) is 8.84. The van der Waals surface area contributed by atoms with Crippen LogP contribution in [0.25, 0.3) is 0 Å². The van der Waals surface area contributed by atoms with Gasteiger partial charge in [-0.25, -0.2) is 0 Å². The van der Waals surface area contributed by atoms with E-state index >= 15 is 0 Å². The van der Waals surface area contributed by atoms with Crippen LogP contribution in [0.1, 0.15) is 39.0 Å². The van der Waals surface area contributed by atoms with E-state index in [4.69, 9.17) is 9.47 Å². The molecule has 4 fully saturated rings. The van der Waals surface area contributed by atoms with Gasteiger partial charge in [0.2, 0.25) is 0 Å². The SMILES string of the molecule is C=C1CC23CC1CC=C2C12CCC(O)C(C)(C(=O)O1)C2C3C(=O)OC. The second-order valence-electron chi connectivity index (χ2n) is 8.84. The Morgan fingerprint density at radius 1 is 1.48 bits per heavy atom. The Labute approximate surface area is 147 Å². The molecule has 5 rings (SSSR count). The van der Waals surface area contributed by atoms with Gasteiger partial charge in [0, 0.05) is 11.3 Å². The van der Waals surface area contributed by atoms with E-state index < -0.39 is 23.0 Å². The third kappa shape index (κ3) is 1.44. The number of fused-ring (bicyclic) bond motifs is 1. The number of allylic oxidation sites excluding steroid dienone is 2. The van der Waals surface area contributed by atoms with Crippen molar-refractivity contribution in [1.29, 1.82) is 0 Å². The van der Waals surface area contributed by atoms with Gasteiger partial charge in [0.05, 0.1) is 24.5 Å². The minimum Gasteiger partial charge on any atom is -0.469 e. The number of methoxy groups -OCH3 is 1. The molecule has 5 nitrogen and oxygen atoms in total. The summed E-state index contributed by atoms with van der Waals surface area (Å²) < 4.78 is 11.2. The van der Waals surface area contributed by atoms with Gasteiger partial charge in [-0.1, -0.05) is 18.2 Å². The molecule has 4 aliphatic carbocycles. The fourth-order valence-electron chi connectivity index (χ4n) is 7.05. The molecule has 134 valence electrons. The van der Waals surface area contributed by atoms with Gasteiger partial charge in [0.25, 0.3) is 0 Å². The van der Waals surface area contributed by atoms with Gasteiger partial charge >= 0.3 is 11.9 Å². The maximum absolute atomic E-state index is 13.0. The van der Waals surface area contributed by atoms with Gasteiger partial charge in [-0.05, 0) is 50.5 Å². The molecule has 0 aromatic carbocycles. The molecule has 5 heteroatoms. The zero-order chi connectivity index (χ0) is 17.8. The molecule has 1 N–H and O–H groups in total. The molecule has 0 radical (unpaired) electrons. The summed E-state index contributed by atoms with van der Waals surface area (Å²) in [5.74, 6) is -1.09. The normalized spacial score (nSPS) is 52.4. The highest BCUT2D eigenvalue weighted by molar-refractivity contribution is 5.87. The molecule has 0 aromatic rings. The monoisotopic (exact) mass is 344 g/mol. The minimum absolute atomic E-state index is 0.285. The number of hydrogen-bond donors (Lipinski definition) is 1. The summed E-state index contributed by atoms with van der Waals surface area (Å²) in [7, 11) is 1.41. The van der Waals surface area contributed by atoms with E-state index in [2.05, 4.69) is 12.7 Å². The lowest BCUT2D eigenvalue weighted by atomic mass is 9.59. The molecule has 1 aliphatic heterocycles. The number of aliphatic hydroxyl groups is 1. The standard InChI is InChI=1S/C20H24O5/c1-10-8-19-9-11(10)4-5-12(19)20-7-6-13(21)18(2,17(23)25-20)15(20)14(19)16(22)24-3/h5,11,13-15,21H,1,4,6-9H2,2-3H3. The van der Waals surface area contributed by atoms with Crippen LogP contribution in [0.15, 0.2) is 23.8 Å². The smallest absolute Gasteiger partial charge is 0.315 e. The van der Waals surface area contributed by atoms with Gasteiger partial charge in [-0.3, -0.25) is 9.59 Å². The maximum atomic E-state index is 13.0. The van der Waals surface area contributed by atoms with Crippen LogP contribution in [-0.2, 0) is 19.1 Å². The van der Waals surface area contributed by atoms with Gasteiger partial charge in [0.15, 0.2) is 0 Å². The summed E-state index contributed by atoms with van der Waals surface area (Å²) in [6, 6.07) is 0. The van der Waals surface area contributed by atoms with Crippen molar-refractivity contribution in [3.05, 3.63) is 23.8 Å². The summed E-state index contributed by atoms with van der Waals surface area (Å²) in [4.78, 5) is 25.8. The zero-order valence-corrected chi connectivity index (χ0v) is 14.7. The maximum Gasteiger partial charge on any atom is 0.315 e. The Bertz CT molecular complexity index is 753. The molecule has 3 saturated carbocycles. The molecule has 7 unspecified atom stereocenters. The van der Waals surface area contributed by atoms with Gasteiger partial charge in [-0.2, -0.15) is 0 Å². The molecule has 1 saturated heterocycles. The first kappa shape index (κ1) is 15.6. The van der Waals surface area contributed by atoms with E-state index in [1.165, 1.54) is 12.7 Å². The van der Waals surface area contributed by atoms with E-state index in [9.17, 15) is 14.7 Å². The largest absolute Gasteiger partial charge is 0.469 e. The van der Waals surface area contributed by atoms with Gasteiger partial charge in [-0.15, -0.1) is 0 Å². The fourth-order valence-corrected chi connectivity index (χ4v) is 7.05. The fraction of sp³-hybridized carbons (Fsp3) is 0.700. The molecule has 5 aliphatic rings. The number of rotatable bonds is 1. The van der Waals surface area contributed by atoms with Crippen LogP contribution in [0.4, 0.5) is 0 Å². The molecule has 7 atom stereocenters. The zero-order valence-electron chi connectivity index (χ0n) is 14.7. The topological polar surface area (TPSA) is 72.8 Å². The Morgan fingerprint density at radius 2 is 2.24 bits per heavy atom. The minimum atomic E-state index is -1.05. The first-order valence-corrected chi connectivity index (χ1v) is 9.19. The van der Waals surface area contributed by atoms with E-state index in [1.54, 1.807) is 6.92 Å². The first-order chi connectivity index (χ1) is 11.8. The molecule has 0 amide bonds. The van der Waals surface area contributed by atoms with Crippen molar-refractivity contribution in [3.8, 4) is 0 Å². The van der Waals surface area contributed by atoms with Crippen LogP contribution in [0.2, 0.25) is 0 Å². The molecule has 1 spiro atoms. The highest BCUT2D eigenvalue weighted by Crippen LogP contribution is 2.76. The summed E-state index contributed by atoms with van der Waals surface area (Å²) in [6.07, 6.45) is 5.05. The van der Waals surface area contributed by atoms with E-state index in [0.717, 1.165) is 24.8 Å². The highest BCUT2D eigenvalue weighted by Gasteiger charge is 2.81. The Balaban J connectivity index is 1.79. The lowest BCUT2D eigenvalue weighted by Gasteiger charge is -2.42. The molecule has 1 heterocycles. The van der Waals surface area contributed by atoms with Crippen LogP contribution >= 0.6 is 0 Å². The van der Waals surface area contributed by atoms with Crippen molar-refractivity contribution in [1.82, 2.24) is 0 Å². The van der Waals surface area contributed by atoms with Crippen molar-refractivity contribution < 1.29 is 24.2 Å². The van der Waals surface area contributed by atoms with Crippen LogP contribution in [-0.4, -0.2) is 35.9 Å². The summed E-state index contributed by atoms with van der Waals surface area (Å²) >= 11 is 0. The van der Waals surface area contributed by atoms with Crippen molar-refractivity contribution in [3.63, 3.8) is 0 Å². The summed E-state index contributed by atoms with van der Waals surface area (Å²) in [5.41, 5.74) is 0.134. The van der Waals surface area contributed by atoms with Gasteiger partial charge < -0.3 is 14.6 Å². The van der Waals surface area contributed by atoms with Crippen LogP contribution in [0.5, 0.6) is 0 Å². The predicted octanol–water partition coefficient (Wildman–Crippen LogP) is 2.14. The van der Waals surface area contributed by atoms with Crippen molar-refractivity contribution in [2.45, 2.75) is 50.7 Å². The lowest BCUT2D eigenvalue weighted by Crippen LogP contribution is -2.52. The van der Waals surface area contributed by atoms with E-state index in [-0.39, 0.29) is 23.3 Å². The van der Waals surface area contributed by atoms with Crippen LogP contribution < -0.4 is 0 Å². The number of esters is 2. The Morgan fingerprint density at radius 3 is 2.96 bits per heavy atom. The quantitative estimate of drug-likeness (QED) is 0.583. The first-order valence-electron chi connectivity index (χ1n) is 9.19. The molecule has 25 heavy (non-hydrogen) atoms. The van der Waals surface area contributed by atoms with Crippen molar-refractivity contribution >= 4 is 11.9 Å². The number of aliphatic hydroxyl groups excluding tert-OH is 1. The number of hydrogen-bond acceptors (Lipinski definition) is 5. The molecular weight excluding hydrogens is 320 g/mol. The van der Waals surface area contributed by atoms with Gasteiger partial charge in [0.1, 0.15) is 5.60 Å². The average molecular weight is 344 g/mol. The summed E-state index contributed by atoms with van der Waals surface area (Å²) in [5, 5.41) is 10.7. The lowest BCUT2D eigenvalue weighted by molar-refractivity contribution is -0.158. The number of carbonyl (C=O) groups is 2. The Hall–Kier alpha value is -1.62. The predicted molar refractivity (Wildman–Crippen MR) is 88.2 cm³/mol. The Kier molecular flexibility index (Phi) is 2.73. The highest BCUT2D eigenvalue weighted by atomic mass is 16.6. The van der Waals surface area contributed by atoms with Crippen LogP contribution in [0.3, 0.4) is 0 Å². The third-order valence-corrected chi connectivity index (χ3v) is 8.06. The molecule has 4 bridgehead atoms. The number of ether oxygens (including phenoxy) is 2. The number of carbonyl (C=O) groups excluding carboxylic acids is 2. The van der Waals surface area contributed by atoms with E-state index in [1.807, 2.05) is 0 Å². The van der Waals surface area contributed by atoms with Crippen LogP contribution in [0, 0.1) is 28.6 Å². The van der Waals surface area contributed by atoms with E-state index in [0.29, 0.717) is 18.8 Å². The second kappa shape index (κ2) is 4.37. The van der Waals surface area contributed by atoms with Crippen molar-refractivity contribution in [2.24, 2.45) is 28.6 Å².